The second-order valence-corrected chi connectivity index (χ2v) is 3.75. The number of methoxy groups -OCH3 is 1. The summed E-state index contributed by atoms with van der Waals surface area (Å²) in [6, 6.07) is 1.74. The molecule has 19 heavy (non-hydrogen) atoms. The maximum atomic E-state index is 12.2. The van der Waals surface area contributed by atoms with E-state index in [2.05, 4.69) is 15.0 Å². The van der Waals surface area contributed by atoms with E-state index in [1.165, 1.54) is 7.11 Å². The van der Waals surface area contributed by atoms with E-state index in [0.717, 1.165) is 18.3 Å². The molecule has 0 aliphatic rings. The molecule has 1 heterocycles. The summed E-state index contributed by atoms with van der Waals surface area (Å²) < 4.78 is 41.4. The lowest BCUT2D eigenvalue weighted by atomic mass is 10.2. The number of amides is 1. The monoisotopic (exact) mass is 278 g/mol. The number of pyridine rings is 1. The molecule has 0 radical (unpaired) electrons. The summed E-state index contributed by atoms with van der Waals surface area (Å²) in [6.45, 7) is -0.0146. The molecule has 0 bridgehead atoms. The van der Waals surface area contributed by atoms with Crippen molar-refractivity contribution in [1.82, 2.24) is 10.3 Å². The number of alkyl halides is 3. The van der Waals surface area contributed by atoms with Gasteiger partial charge in [0.05, 0.1) is 18.3 Å². The number of rotatable bonds is 5. The molecule has 1 rings (SSSR count). The fraction of sp³-hybridized carbons (Fsp3) is 0.455. The number of hydrogen-bond acceptors (Lipinski definition) is 4. The highest BCUT2D eigenvalue weighted by molar-refractivity contribution is 5.93. The largest absolute Gasteiger partial charge is 0.433 e. The number of aliphatic hydroxyl groups excluding tert-OH is 1. The summed E-state index contributed by atoms with van der Waals surface area (Å²) in [5.74, 6) is -0.614. The lowest BCUT2D eigenvalue weighted by molar-refractivity contribution is -0.141. The van der Waals surface area contributed by atoms with Crippen molar-refractivity contribution >= 4 is 5.91 Å². The maximum absolute atomic E-state index is 12.2. The highest BCUT2D eigenvalue weighted by atomic mass is 19.4. The molecule has 5 nitrogen and oxygen atoms in total. The van der Waals surface area contributed by atoms with Gasteiger partial charge in [-0.3, -0.25) is 9.78 Å². The zero-order valence-corrected chi connectivity index (χ0v) is 10.1. The second kappa shape index (κ2) is 6.48. The van der Waals surface area contributed by atoms with Crippen molar-refractivity contribution < 1.29 is 27.8 Å². The summed E-state index contributed by atoms with van der Waals surface area (Å²) in [5, 5.41) is 11.6. The summed E-state index contributed by atoms with van der Waals surface area (Å²) >= 11 is 0. The van der Waals surface area contributed by atoms with Crippen LogP contribution in [0.1, 0.15) is 16.1 Å². The summed E-state index contributed by atoms with van der Waals surface area (Å²) in [7, 11) is 1.39. The molecule has 1 atom stereocenters. The molecule has 106 valence electrons. The van der Waals surface area contributed by atoms with Crippen LogP contribution in [0.5, 0.6) is 0 Å². The number of ether oxygens (including phenoxy) is 1. The van der Waals surface area contributed by atoms with E-state index in [4.69, 9.17) is 0 Å². The molecule has 8 heteroatoms. The zero-order chi connectivity index (χ0) is 14.5. The molecular formula is C11H13F3N2O3. The molecular weight excluding hydrogens is 265 g/mol. The Morgan fingerprint density at radius 2 is 2.21 bits per heavy atom. The Balaban J connectivity index is 2.59. The Labute approximate surface area is 107 Å². The van der Waals surface area contributed by atoms with Gasteiger partial charge in [-0.2, -0.15) is 13.2 Å². The van der Waals surface area contributed by atoms with E-state index in [0.29, 0.717) is 0 Å². The van der Waals surface area contributed by atoms with Crippen molar-refractivity contribution in [2.75, 3.05) is 20.3 Å². The van der Waals surface area contributed by atoms with Gasteiger partial charge in [0, 0.05) is 19.9 Å². The lowest BCUT2D eigenvalue weighted by Gasteiger charge is -2.11. The number of carbonyl (C=O) groups is 1. The predicted molar refractivity (Wildman–Crippen MR) is 59.5 cm³/mol. The first-order valence-corrected chi connectivity index (χ1v) is 5.33. The summed E-state index contributed by atoms with van der Waals surface area (Å²) in [5.41, 5.74) is -1.08. The topological polar surface area (TPSA) is 71.5 Å². The van der Waals surface area contributed by atoms with E-state index >= 15 is 0 Å². The summed E-state index contributed by atoms with van der Waals surface area (Å²) in [6.07, 6.45) is -4.58. The van der Waals surface area contributed by atoms with E-state index in [1.54, 1.807) is 0 Å². The maximum Gasteiger partial charge on any atom is 0.433 e. The average Bonchev–Trinajstić information content (AvgIpc) is 2.35. The number of carbonyl (C=O) groups excluding carboxylic acids is 1. The van der Waals surface area contributed by atoms with Gasteiger partial charge >= 0.3 is 6.18 Å². The van der Waals surface area contributed by atoms with E-state index < -0.39 is 23.9 Å². The zero-order valence-electron chi connectivity index (χ0n) is 10.1. The Kier molecular flexibility index (Phi) is 5.25. The number of nitrogens with zero attached hydrogens (tertiary/aromatic N) is 1. The van der Waals surface area contributed by atoms with Crippen molar-refractivity contribution in [2.24, 2.45) is 0 Å². The van der Waals surface area contributed by atoms with Crippen LogP contribution < -0.4 is 5.32 Å². The van der Waals surface area contributed by atoms with Gasteiger partial charge < -0.3 is 15.2 Å². The van der Waals surface area contributed by atoms with E-state index in [9.17, 15) is 23.1 Å². The first-order valence-electron chi connectivity index (χ1n) is 5.33. The van der Waals surface area contributed by atoms with Crippen molar-refractivity contribution in [3.8, 4) is 0 Å². The molecule has 0 aliphatic heterocycles. The Hall–Kier alpha value is -1.67. The molecule has 1 unspecified atom stereocenters. The van der Waals surface area contributed by atoms with Crippen LogP contribution in [0.4, 0.5) is 13.2 Å². The highest BCUT2D eigenvalue weighted by Crippen LogP contribution is 2.27. The van der Waals surface area contributed by atoms with Gasteiger partial charge in [0.2, 0.25) is 0 Å². The van der Waals surface area contributed by atoms with Crippen LogP contribution in [-0.4, -0.2) is 42.4 Å². The molecule has 0 saturated heterocycles. The van der Waals surface area contributed by atoms with Gasteiger partial charge in [0.15, 0.2) is 0 Å². The third-order valence-electron chi connectivity index (χ3n) is 2.17. The van der Waals surface area contributed by atoms with Gasteiger partial charge in [-0.15, -0.1) is 0 Å². The molecule has 0 aliphatic carbocycles. The second-order valence-electron chi connectivity index (χ2n) is 3.75. The molecule has 0 saturated carbocycles. The molecule has 1 amide bonds. The smallest absolute Gasteiger partial charge is 0.389 e. The van der Waals surface area contributed by atoms with Crippen molar-refractivity contribution in [1.29, 1.82) is 0 Å². The van der Waals surface area contributed by atoms with E-state index in [1.807, 2.05) is 0 Å². The Morgan fingerprint density at radius 3 is 2.68 bits per heavy atom. The van der Waals surface area contributed by atoms with Gasteiger partial charge in [-0.1, -0.05) is 0 Å². The Bertz CT molecular complexity index is 420. The predicted octanol–water partition coefficient (Wildman–Crippen LogP) is 0.837. The van der Waals surface area contributed by atoms with Gasteiger partial charge in [-0.25, -0.2) is 0 Å². The minimum absolute atomic E-state index is 0.0161. The third kappa shape index (κ3) is 4.84. The number of aliphatic hydroxyl groups is 1. The molecule has 0 aromatic carbocycles. The molecule has 1 aromatic heterocycles. The van der Waals surface area contributed by atoms with Crippen LogP contribution >= 0.6 is 0 Å². The van der Waals surface area contributed by atoms with Crippen LogP contribution in [-0.2, 0) is 10.9 Å². The molecule has 0 spiro atoms. The molecule has 0 fully saturated rings. The van der Waals surface area contributed by atoms with Crippen LogP contribution in [0.3, 0.4) is 0 Å². The van der Waals surface area contributed by atoms with Crippen LogP contribution in [0.15, 0.2) is 18.3 Å². The van der Waals surface area contributed by atoms with Crippen LogP contribution in [0, 0.1) is 0 Å². The molecule has 1 aromatic rings. The number of aromatic nitrogens is 1. The van der Waals surface area contributed by atoms with E-state index in [-0.39, 0.29) is 18.7 Å². The first kappa shape index (κ1) is 15.4. The standard InChI is InChI=1S/C11H13F3N2O3/c1-19-6-8(17)5-16-10(18)7-2-3-9(15-4-7)11(12,13)14/h2-4,8,17H,5-6H2,1H3,(H,16,18). The quantitative estimate of drug-likeness (QED) is 0.837. The minimum atomic E-state index is -4.54. The SMILES string of the molecule is COCC(O)CNC(=O)c1ccc(C(F)(F)F)nc1. The van der Waals surface area contributed by atoms with Gasteiger partial charge in [0.1, 0.15) is 5.69 Å². The van der Waals surface area contributed by atoms with Crippen LogP contribution in [0.25, 0.3) is 0 Å². The minimum Gasteiger partial charge on any atom is -0.389 e. The summed E-state index contributed by atoms with van der Waals surface area (Å²) in [4.78, 5) is 14.7. The number of nitrogens with one attached hydrogen (secondary N) is 1. The van der Waals surface area contributed by atoms with Gasteiger partial charge in [-0.05, 0) is 12.1 Å². The fourth-order valence-electron chi connectivity index (χ4n) is 1.26. The van der Waals surface area contributed by atoms with Gasteiger partial charge in [0.25, 0.3) is 5.91 Å². The van der Waals surface area contributed by atoms with Crippen molar-refractivity contribution in [2.45, 2.75) is 12.3 Å². The van der Waals surface area contributed by atoms with Crippen molar-refractivity contribution in [3.63, 3.8) is 0 Å². The third-order valence-corrected chi connectivity index (χ3v) is 2.17. The molecule has 2 N–H and O–H groups in total. The van der Waals surface area contributed by atoms with Crippen molar-refractivity contribution in [3.05, 3.63) is 29.6 Å². The van der Waals surface area contributed by atoms with Crippen LogP contribution in [0.2, 0.25) is 0 Å². The number of hydrogen-bond donors (Lipinski definition) is 2. The highest BCUT2D eigenvalue weighted by Gasteiger charge is 2.32. The fourth-order valence-corrected chi connectivity index (χ4v) is 1.26. The Morgan fingerprint density at radius 1 is 1.53 bits per heavy atom. The normalized spacial score (nSPS) is 13.1. The average molecular weight is 278 g/mol. The number of halogens is 3. The lowest BCUT2D eigenvalue weighted by Crippen LogP contribution is -2.34. The first-order chi connectivity index (χ1) is 8.84.